The fraction of sp³-hybridized carbons (Fsp3) is 0.857. The van der Waals surface area contributed by atoms with Gasteiger partial charge in [-0.3, -0.25) is 9.59 Å². The summed E-state index contributed by atoms with van der Waals surface area (Å²) in [4.78, 5) is 30.3. The molecular weight excluding hydrogens is 678 g/mol. The molecule has 6 aliphatic rings. The maximum Gasteiger partial charge on any atom is 0.306 e. The van der Waals surface area contributed by atoms with E-state index in [1.807, 2.05) is 13.8 Å². The predicted octanol–water partition coefficient (Wildman–Crippen LogP) is 5.88. The van der Waals surface area contributed by atoms with Crippen LogP contribution in [0.5, 0.6) is 0 Å². The summed E-state index contributed by atoms with van der Waals surface area (Å²) in [6.07, 6.45) is 12.0. The number of fused-ring (bicyclic) bond motifs is 5. The van der Waals surface area contributed by atoms with Crippen molar-refractivity contribution in [1.29, 1.82) is 0 Å². The maximum atomic E-state index is 14.5. The molecule has 17 atom stereocenters. The maximum absolute atomic E-state index is 14.5. The van der Waals surface area contributed by atoms with Crippen LogP contribution >= 0.6 is 0 Å². The standard InChI is InChI=1S/C42H67NO10/c1-10-27-12-11-13-28(52-37-17-16-35(43(5)6)24(3)49-37)18-23(2)38(45)34-21-32-30(33(34)22-36(44)51-27)15-14-26-19-29(20-31(26)32)53-42-41(48-9)40(47-8)39(46-7)25(4)50-42/h14-15,21,23-33,35,37,39-42H,10-13,16-20,22H2,1-9H3/t23-,24-,25+,26-,27+,28+,29-,30-,31-,32-,33+,35+,37+,39+,40-,41-,42+/m1/s1. The smallest absolute Gasteiger partial charge is 0.306 e. The van der Waals surface area contributed by atoms with Crippen molar-refractivity contribution in [2.45, 2.75) is 159 Å². The molecule has 1 saturated carbocycles. The molecule has 0 radical (unpaired) electrons. The first kappa shape index (κ1) is 40.9. The molecule has 0 aromatic heterocycles. The van der Waals surface area contributed by atoms with E-state index in [2.05, 4.69) is 51.1 Å². The lowest BCUT2D eigenvalue weighted by Crippen LogP contribution is -2.59. The van der Waals surface area contributed by atoms with E-state index in [4.69, 9.17) is 37.9 Å². The highest BCUT2D eigenvalue weighted by molar-refractivity contribution is 5.98. The van der Waals surface area contributed by atoms with Crippen LogP contribution in [0.25, 0.3) is 0 Å². The van der Waals surface area contributed by atoms with Gasteiger partial charge in [0.15, 0.2) is 18.4 Å². The van der Waals surface area contributed by atoms with Gasteiger partial charge in [-0.2, -0.15) is 0 Å². The second-order valence-corrected chi connectivity index (χ2v) is 16.9. The summed E-state index contributed by atoms with van der Waals surface area (Å²) < 4.78 is 49.5. The fourth-order valence-corrected chi connectivity index (χ4v) is 10.6. The van der Waals surface area contributed by atoms with Crippen LogP contribution in [0.15, 0.2) is 23.8 Å². The van der Waals surface area contributed by atoms with Gasteiger partial charge < -0.3 is 42.8 Å². The molecule has 4 fully saturated rings. The molecule has 3 aliphatic heterocycles. The van der Waals surface area contributed by atoms with Crippen molar-refractivity contribution in [3.05, 3.63) is 23.8 Å². The number of carbonyl (C=O) groups is 2. The van der Waals surface area contributed by atoms with E-state index < -0.39 is 12.4 Å². The van der Waals surface area contributed by atoms with Gasteiger partial charge in [0, 0.05) is 39.2 Å². The normalized spacial score (nSPS) is 45.3. The lowest BCUT2D eigenvalue weighted by molar-refractivity contribution is -0.314. The minimum absolute atomic E-state index is 0.0471. The number of Topliss-reactive ketones (excluding diaryl/α,β-unsaturated/α-hetero) is 1. The van der Waals surface area contributed by atoms with E-state index in [9.17, 15) is 9.59 Å². The fourth-order valence-electron chi connectivity index (χ4n) is 10.6. The van der Waals surface area contributed by atoms with Crippen LogP contribution in [0.3, 0.4) is 0 Å². The Morgan fingerprint density at radius 2 is 1.55 bits per heavy atom. The summed E-state index contributed by atoms with van der Waals surface area (Å²) in [6.45, 7) is 8.21. The summed E-state index contributed by atoms with van der Waals surface area (Å²) in [5.41, 5.74) is 0.791. The number of methoxy groups -OCH3 is 3. The number of allylic oxidation sites excluding steroid dienone is 4. The first-order valence-electron chi connectivity index (χ1n) is 20.5. The van der Waals surface area contributed by atoms with Gasteiger partial charge in [-0.25, -0.2) is 0 Å². The van der Waals surface area contributed by atoms with Gasteiger partial charge in [-0.05, 0) is 115 Å². The summed E-state index contributed by atoms with van der Waals surface area (Å²) >= 11 is 0. The Kier molecular flexibility index (Phi) is 13.9. The van der Waals surface area contributed by atoms with Crippen molar-refractivity contribution in [3.63, 3.8) is 0 Å². The molecule has 0 N–H and O–H groups in total. The van der Waals surface area contributed by atoms with E-state index in [-0.39, 0.29) is 96.8 Å². The molecule has 3 saturated heterocycles. The summed E-state index contributed by atoms with van der Waals surface area (Å²) in [6, 6.07) is 0.360. The zero-order chi connectivity index (χ0) is 38.0. The second kappa shape index (κ2) is 18.0. The third kappa shape index (κ3) is 8.98. The number of esters is 1. The Morgan fingerprint density at radius 1 is 0.792 bits per heavy atom. The molecule has 0 amide bonds. The first-order valence-corrected chi connectivity index (χ1v) is 20.5. The Balaban J connectivity index is 1.18. The number of rotatable bonds is 9. The van der Waals surface area contributed by atoms with Gasteiger partial charge >= 0.3 is 5.97 Å². The van der Waals surface area contributed by atoms with Crippen molar-refractivity contribution in [2.24, 2.45) is 35.5 Å². The number of ketones is 1. The number of cyclic esters (lactones) is 1. The highest BCUT2D eigenvalue weighted by Gasteiger charge is 2.52. The molecule has 53 heavy (non-hydrogen) atoms. The largest absolute Gasteiger partial charge is 0.462 e. The summed E-state index contributed by atoms with van der Waals surface area (Å²) in [5.74, 6) is 0.258. The Morgan fingerprint density at radius 3 is 2.23 bits per heavy atom. The summed E-state index contributed by atoms with van der Waals surface area (Å²) in [5, 5.41) is 0. The van der Waals surface area contributed by atoms with E-state index in [1.54, 1.807) is 21.3 Å². The lowest BCUT2D eigenvalue weighted by Gasteiger charge is -2.44. The Bertz CT molecular complexity index is 1300. The van der Waals surface area contributed by atoms with Gasteiger partial charge in [-0.1, -0.05) is 32.1 Å². The molecule has 0 aromatic rings. The van der Waals surface area contributed by atoms with Gasteiger partial charge in [0.25, 0.3) is 0 Å². The number of carbonyl (C=O) groups excluding carboxylic acids is 2. The average Bonchev–Trinajstić information content (AvgIpc) is 3.70. The second-order valence-electron chi connectivity index (χ2n) is 16.9. The van der Waals surface area contributed by atoms with Crippen LogP contribution in [0.2, 0.25) is 0 Å². The molecule has 300 valence electrons. The Hall–Kier alpha value is -1.70. The Labute approximate surface area is 317 Å². The summed E-state index contributed by atoms with van der Waals surface area (Å²) in [7, 11) is 9.17. The lowest BCUT2D eigenvalue weighted by atomic mass is 9.70. The molecule has 6 rings (SSSR count). The zero-order valence-corrected chi connectivity index (χ0v) is 33.6. The van der Waals surface area contributed by atoms with Crippen molar-refractivity contribution >= 4 is 11.8 Å². The van der Waals surface area contributed by atoms with Crippen molar-refractivity contribution in [2.75, 3.05) is 35.4 Å². The van der Waals surface area contributed by atoms with Crippen LogP contribution in [0, 0.1) is 35.5 Å². The van der Waals surface area contributed by atoms with Crippen molar-refractivity contribution in [3.8, 4) is 0 Å². The number of hydrogen-bond acceptors (Lipinski definition) is 11. The molecule has 0 aromatic carbocycles. The molecule has 0 bridgehead atoms. The molecular formula is C42H67NO10. The molecule has 0 unspecified atom stereocenters. The number of likely N-dealkylation sites (N-methyl/N-ethyl adjacent to an activating group) is 1. The van der Waals surface area contributed by atoms with E-state index in [0.29, 0.717) is 18.4 Å². The topological polar surface area (TPSA) is 111 Å². The van der Waals surface area contributed by atoms with E-state index in [1.165, 1.54) is 0 Å². The van der Waals surface area contributed by atoms with Gasteiger partial charge in [0.1, 0.15) is 24.4 Å². The number of nitrogens with zero attached hydrogens (tertiary/aromatic N) is 1. The average molecular weight is 746 g/mol. The van der Waals surface area contributed by atoms with Crippen LogP contribution in [0.4, 0.5) is 0 Å². The number of ether oxygens (including phenoxy) is 8. The monoisotopic (exact) mass is 745 g/mol. The zero-order valence-electron chi connectivity index (χ0n) is 33.6. The highest BCUT2D eigenvalue weighted by atomic mass is 16.7. The predicted molar refractivity (Wildman–Crippen MR) is 199 cm³/mol. The molecule has 3 heterocycles. The highest BCUT2D eigenvalue weighted by Crippen LogP contribution is 2.54. The molecule has 11 nitrogen and oxygen atoms in total. The SMILES string of the molecule is CC[C@H]1CCC[C@H](O[C@H]2CC[C@H](N(C)C)[C@@H](C)O2)C[C@@H](C)C(=O)C2=C[C@@H]3[C@@H](C=C[C@@H]4C[C@@H](O[C@@H]5O[C@@H](C)[C@H](OC)[C@@H](OC)[C@H]5OC)C[C@@H]34)[C@@H]2CC(=O)O1. The van der Waals surface area contributed by atoms with Gasteiger partial charge in [0.05, 0.1) is 30.8 Å². The minimum atomic E-state index is -0.590. The third-order valence-corrected chi connectivity index (χ3v) is 13.4. The molecule has 0 spiro atoms. The van der Waals surface area contributed by atoms with Gasteiger partial charge in [-0.15, -0.1) is 0 Å². The molecule has 11 heteroatoms. The van der Waals surface area contributed by atoms with Crippen LogP contribution in [-0.2, 0) is 47.5 Å². The third-order valence-electron chi connectivity index (χ3n) is 13.4. The van der Waals surface area contributed by atoms with E-state index >= 15 is 0 Å². The van der Waals surface area contributed by atoms with Crippen molar-refractivity contribution < 1.29 is 47.5 Å². The van der Waals surface area contributed by atoms with Crippen LogP contribution in [0.1, 0.15) is 91.9 Å². The first-order chi connectivity index (χ1) is 25.5. The quantitative estimate of drug-likeness (QED) is 0.209. The number of hydrogen-bond donors (Lipinski definition) is 0. The molecule has 3 aliphatic carbocycles. The van der Waals surface area contributed by atoms with E-state index in [0.717, 1.165) is 56.9 Å². The minimum Gasteiger partial charge on any atom is -0.462 e. The van der Waals surface area contributed by atoms with Crippen LogP contribution < -0.4 is 0 Å². The van der Waals surface area contributed by atoms with Gasteiger partial charge in [0.2, 0.25) is 0 Å². The van der Waals surface area contributed by atoms with Crippen molar-refractivity contribution in [1.82, 2.24) is 4.90 Å². The van der Waals surface area contributed by atoms with Crippen LogP contribution in [-0.4, -0.2) is 120 Å².